The molecule has 0 radical (unpaired) electrons. The maximum absolute atomic E-state index is 11.4. The van der Waals surface area contributed by atoms with Crippen molar-refractivity contribution in [3.63, 3.8) is 0 Å². The Kier molecular flexibility index (Phi) is 2.81. The van der Waals surface area contributed by atoms with Gasteiger partial charge in [-0.05, 0) is 42.2 Å². The molecule has 4 heteroatoms. The minimum absolute atomic E-state index is 0.0694. The maximum atomic E-state index is 11.4. The van der Waals surface area contributed by atoms with Gasteiger partial charge in [0, 0.05) is 18.6 Å². The van der Waals surface area contributed by atoms with E-state index in [1.165, 1.54) is 12.1 Å². The minimum atomic E-state index is -0.433. The van der Waals surface area contributed by atoms with E-state index in [0.29, 0.717) is 6.42 Å². The maximum Gasteiger partial charge on any atom is 0.269 e. The lowest BCUT2D eigenvalue weighted by molar-refractivity contribution is -0.384. The van der Waals surface area contributed by atoms with Crippen LogP contribution in [0.4, 0.5) is 5.69 Å². The van der Waals surface area contributed by atoms with Crippen LogP contribution in [0.25, 0.3) is 6.08 Å². The molecule has 0 spiro atoms. The summed E-state index contributed by atoms with van der Waals surface area (Å²) in [5, 5.41) is 10.4. The highest BCUT2D eigenvalue weighted by molar-refractivity contribution is 6.01. The van der Waals surface area contributed by atoms with Crippen LogP contribution in [-0.4, -0.2) is 10.7 Å². The van der Waals surface area contributed by atoms with Gasteiger partial charge in [0.2, 0.25) is 0 Å². The Morgan fingerprint density at radius 2 is 1.88 bits per heavy atom. The van der Waals surface area contributed by atoms with E-state index in [-0.39, 0.29) is 11.5 Å². The first kappa shape index (κ1) is 10.5. The van der Waals surface area contributed by atoms with E-state index in [0.717, 1.165) is 24.0 Å². The second-order valence-corrected chi connectivity index (χ2v) is 3.79. The second kappa shape index (κ2) is 4.26. The van der Waals surface area contributed by atoms with Crippen molar-refractivity contribution in [1.29, 1.82) is 0 Å². The number of nitro groups is 1. The second-order valence-electron chi connectivity index (χ2n) is 3.79. The number of rotatable bonds is 2. The molecule has 0 unspecified atom stereocenters. The van der Waals surface area contributed by atoms with Crippen LogP contribution < -0.4 is 0 Å². The zero-order chi connectivity index (χ0) is 11.5. The van der Waals surface area contributed by atoms with Crippen LogP contribution in [0.15, 0.2) is 29.8 Å². The Labute approximate surface area is 92.7 Å². The number of allylic oxidation sites excluding steroid dienone is 1. The first-order chi connectivity index (χ1) is 7.66. The molecule has 0 heterocycles. The number of hydrogen-bond donors (Lipinski definition) is 0. The molecule has 0 amide bonds. The van der Waals surface area contributed by atoms with E-state index in [9.17, 15) is 14.9 Å². The molecule has 1 saturated carbocycles. The summed E-state index contributed by atoms with van der Waals surface area (Å²) in [6.45, 7) is 0. The number of hydrogen-bond acceptors (Lipinski definition) is 3. The van der Waals surface area contributed by atoms with Gasteiger partial charge in [0.15, 0.2) is 5.78 Å². The fraction of sp³-hybridized carbons (Fsp3) is 0.250. The number of nitrogens with zero attached hydrogens (tertiary/aromatic N) is 1. The number of carbonyl (C=O) groups is 1. The molecule has 16 heavy (non-hydrogen) atoms. The lowest BCUT2D eigenvalue weighted by Crippen LogP contribution is -1.91. The van der Waals surface area contributed by atoms with Crippen molar-refractivity contribution in [2.45, 2.75) is 19.3 Å². The number of non-ortho nitro benzene ring substituents is 1. The fourth-order valence-electron chi connectivity index (χ4n) is 1.79. The largest absolute Gasteiger partial charge is 0.295 e. The van der Waals surface area contributed by atoms with Gasteiger partial charge in [-0.1, -0.05) is 0 Å². The summed E-state index contributed by atoms with van der Waals surface area (Å²) in [6, 6.07) is 6.23. The molecule has 1 aromatic carbocycles. The number of nitro benzene ring substituents is 1. The summed E-state index contributed by atoms with van der Waals surface area (Å²) in [6.07, 6.45) is 4.17. The van der Waals surface area contributed by atoms with Crippen LogP contribution >= 0.6 is 0 Å². The van der Waals surface area contributed by atoms with E-state index < -0.39 is 4.92 Å². The van der Waals surface area contributed by atoms with Gasteiger partial charge in [0.05, 0.1) is 4.92 Å². The molecule has 1 fully saturated rings. The Morgan fingerprint density at radius 3 is 2.38 bits per heavy atom. The zero-order valence-corrected chi connectivity index (χ0v) is 8.68. The minimum Gasteiger partial charge on any atom is -0.295 e. The molecule has 0 N–H and O–H groups in total. The topological polar surface area (TPSA) is 60.2 Å². The lowest BCUT2D eigenvalue weighted by atomic mass is 10.1. The summed E-state index contributed by atoms with van der Waals surface area (Å²) in [5.74, 6) is 0.193. The Morgan fingerprint density at radius 1 is 1.19 bits per heavy atom. The first-order valence-corrected chi connectivity index (χ1v) is 5.15. The summed E-state index contributed by atoms with van der Waals surface area (Å²) >= 11 is 0. The van der Waals surface area contributed by atoms with Crippen LogP contribution in [0.2, 0.25) is 0 Å². The molecular formula is C12H11NO3. The average Bonchev–Trinajstić information content (AvgIpc) is 2.65. The highest BCUT2D eigenvalue weighted by atomic mass is 16.6. The molecular weight excluding hydrogens is 206 g/mol. The van der Waals surface area contributed by atoms with Gasteiger partial charge in [-0.15, -0.1) is 0 Å². The van der Waals surface area contributed by atoms with Gasteiger partial charge in [0.25, 0.3) is 5.69 Å². The van der Waals surface area contributed by atoms with Gasteiger partial charge in [-0.2, -0.15) is 0 Å². The van der Waals surface area contributed by atoms with Crippen LogP contribution in [0.3, 0.4) is 0 Å². The highest BCUT2D eigenvalue weighted by Crippen LogP contribution is 2.23. The van der Waals surface area contributed by atoms with E-state index in [1.807, 2.05) is 6.08 Å². The van der Waals surface area contributed by atoms with Gasteiger partial charge >= 0.3 is 0 Å². The Bertz CT molecular complexity index is 460. The fourth-order valence-corrected chi connectivity index (χ4v) is 1.79. The predicted octanol–water partition coefficient (Wildman–Crippen LogP) is 2.73. The third-order valence-electron chi connectivity index (χ3n) is 2.65. The van der Waals surface area contributed by atoms with Crippen molar-refractivity contribution >= 4 is 17.5 Å². The number of benzene rings is 1. The smallest absolute Gasteiger partial charge is 0.269 e. The van der Waals surface area contributed by atoms with E-state index in [4.69, 9.17) is 0 Å². The zero-order valence-electron chi connectivity index (χ0n) is 8.68. The molecule has 4 nitrogen and oxygen atoms in total. The number of carbonyl (C=O) groups excluding carboxylic acids is 1. The van der Waals surface area contributed by atoms with Gasteiger partial charge in [-0.3, -0.25) is 14.9 Å². The van der Waals surface area contributed by atoms with Crippen LogP contribution in [0.1, 0.15) is 24.8 Å². The standard InChI is InChI=1S/C12H11NO3/c14-12-3-1-2-10(12)8-9-4-6-11(7-5-9)13(15)16/h4-8H,1-3H2. The SMILES string of the molecule is O=C1CCCC1=Cc1ccc([N+](=O)[O-])cc1. The molecule has 0 bridgehead atoms. The summed E-state index contributed by atoms with van der Waals surface area (Å²) < 4.78 is 0. The molecule has 0 atom stereocenters. The van der Waals surface area contributed by atoms with Gasteiger partial charge in [0.1, 0.15) is 0 Å². The summed E-state index contributed by atoms with van der Waals surface area (Å²) in [7, 11) is 0. The van der Waals surface area contributed by atoms with E-state index in [2.05, 4.69) is 0 Å². The average molecular weight is 217 g/mol. The third kappa shape index (κ3) is 2.16. The van der Waals surface area contributed by atoms with Crippen molar-refractivity contribution in [3.05, 3.63) is 45.5 Å². The summed E-state index contributed by atoms with van der Waals surface area (Å²) in [5.41, 5.74) is 1.74. The van der Waals surface area contributed by atoms with E-state index in [1.54, 1.807) is 12.1 Å². The highest BCUT2D eigenvalue weighted by Gasteiger charge is 2.16. The van der Waals surface area contributed by atoms with Crippen molar-refractivity contribution in [2.24, 2.45) is 0 Å². The van der Waals surface area contributed by atoms with Crippen molar-refractivity contribution in [3.8, 4) is 0 Å². The monoisotopic (exact) mass is 217 g/mol. The van der Waals surface area contributed by atoms with Crippen LogP contribution in [-0.2, 0) is 4.79 Å². The van der Waals surface area contributed by atoms with Gasteiger partial charge < -0.3 is 0 Å². The molecule has 1 aliphatic carbocycles. The molecule has 1 aliphatic rings. The Balaban J connectivity index is 2.22. The van der Waals surface area contributed by atoms with Gasteiger partial charge in [-0.25, -0.2) is 0 Å². The predicted molar refractivity (Wildman–Crippen MR) is 59.9 cm³/mol. The Hall–Kier alpha value is -1.97. The molecule has 2 rings (SSSR count). The normalized spacial score (nSPS) is 18.0. The van der Waals surface area contributed by atoms with Crippen LogP contribution in [0, 0.1) is 10.1 Å². The number of ketones is 1. The molecule has 0 saturated heterocycles. The molecule has 0 aromatic heterocycles. The lowest BCUT2D eigenvalue weighted by Gasteiger charge is -1.96. The quantitative estimate of drug-likeness (QED) is 0.434. The van der Waals surface area contributed by atoms with Crippen molar-refractivity contribution in [2.75, 3.05) is 0 Å². The van der Waals surface area contributed by atoms with Crippen molar-refractivity contribution in [1.82, 2.24) is 0 Å². The van der Waals surface area contributed by atoms with Crippen LogP contribution in [0.5, 0.6) is 0 Å². The summed E-state index contributed by atoms with van der Waals surface area (Å²) in [4.78, 5) is 21.4. The number of Topliss-reactive ketones (excluding diaryl/α,β-unsaturated/α-hetero) is 1. The van der Waals surface area contributed by atoms with Crippen molar-refractivity contribution < 1.29 is 9.72 Å². The van der Waals surface area contributed by atoms with E-state index >= 15 is 0 Å². The molecule has 1 aromatic rings. The molecule has 82 valence electrons. The first-order valence-electron chi connectivity index (χ1n) is 5.15. The third-order valence-corrected chi connectivity index (χ3v) is 2.65. The molecule has 0 aliphatic heterocycles.